The van der Waals surface area contributed by atoms with E-state index in [1.165, 1.54) is 17.1 Å². The van der Waals surface area contributed by atoms with Crippen molar-refractivity contribution in [3.8, 4) is 11.3 Å². The van der Waals surface area contributed by atoms with Gasteiger partial charge < -0.3 is 5.73 Å². The summed E-state index contributed by atoms with van der Waals surface area (Å²) in [6.07, 6.45) is 1.89. The normalized spacial score (nSPS) is 13.6. The molecule has 0 saturated heterocycles. The molecule has 1 unspecified atom stereocenters. The second-order valence-electron chi connectivity index (χ2n) is 6.01. The number of carbonyl (C=O) groups is 1. The molecule has 4 N–H and O–H groups in total. The molecule has 9 nitrogen and oxygen atoms in total. The van der Waals surface area contributed by atoms with E-state index in [4.69, 9.17) is 10.9 Å². The van der Waals surface area contributed by atoms with Gasteiger partial charge in [-0.2, -0.15) is 0 Å². The van der Waals surface area contributed by atoms with Crippen LogP contribution in [0.1, 0.15) is 18.9 Å². The van der Waals surface area contributed by atoms with Crippen molar-refractivity contribution in [1.29, 1.82) is 0 Å². The van der Waals surface area contributed by atoms with E-state index in [9.17, 15) is 13.2 Å². The van der Waals surface area contributed by atoms with Gasteiger partial charge in [0.2, 0.25) is 5.91 Å². The molecule has 0 aliphatic rings. The molecule has 136 valence electrons. The molecular formula is C15H21N5O4S. The van der Waals surface area contributed by atoms with E-state index in [1.54, 1.807) is 6.20 Å². The minimum atomic E-state index is -2.77. The van der Waals surface area contributed by atoms with Crippen LogP contribution in [0.2, 0.25) is 0 Å². The Bertz CT molecular complexity index is 795. The molecular weight excluding hydrogens is 346 g/mol. The summed E-state index contributed by atoms with van der Waals surface area (Å²) in [7, 11) is -2.77. The molecule has 0 aliphatic heterocycles. The van der Waals surface area contributed by atoms with Crippen LogP contribution >= 0.6 is 0 Å². The van der Waals surface area contributed by atoms with Gasteiger partial charge in [0.25, 0.3) is 0 Å². The zero-order valence-corrected chi connectivity index (χ0v) is 14.6. The highest BCUT2D eigenvalue weighted by molar-refractivity contribution is 7.72. The average molecular weight is 367 g/mol. The number of benzene rings is 1. The summed E-state index contributed by atoms with van der Waals surface area (Å²) in [5, 5.41) is 16.9. The molecule has 2 rings (SSSR count). The van der Waals surface area contributed by atoms with Crippen molar-refractivity contribution in [1.82, 2.24) is 20.5 Å². The van der Waals surface area contributed by atoms with E-state index >= 15 is 0 Å². The van der Waals surface area contributed by atoms with Crippen LogP contribution < -0.4 is 11.2 Å². The number of aryl methyl sites for hydroxylation is 1. The molecule has 10 heteroatoms. The molecule has 0 bridgehead atoms. The maximum Gasteiger partial charge on any atom is 0.250 e. The zero-order chi connectivity index (χ0) is 18.4. The van der Waals surface area contributed by atoms with Crippen molar-refractivity contribution in [2.24, 2.45) is 11.1 Å². The summed E-state index contributed by atoms with van der Waals surface area (Å²) in [6, 6.07) is 7.59. The number of nitrogens with zero attached hydrogens (tertiary/aromatic N) is 3. The fourth-order valence-corrected chi connectivity index (χ4v) is 3.27. The van der Waals surface area contributed by atoms with Crippen LogP contribution in [0.15, 0.2) is 30.5 Å². The highest BCUT2D eigenvalue weighted by atomic mass is 32.2. The van der Waals surface area contributed by atoms with Gasteiger partial charge in [-0.25, -0.2) is 13.9 Å². The first-order valence-corrected chi connectivity index (χ1v) is 9.00. The highest BCUT2D eigenvalue weighted by Crippen LogP contribution is 2.24. The molecule has 0 saturated carbocycles. The molecule has 1 amide bonds. The third-order valence-electron chi connectivity index (χ3n) is 4.04. The van der Waals surface area contributed by atoms with Gasteiger partial charge in [-0.3, -0.25) is 14.7 Å². The summed E-state index contributed by atoms with van der Waals surface area (Å²) in [4.78, 5) is 11.8. The lowest BCUT2D eigenvalue weighted by Crippen LogP contribution is -2.41. The van der Waals surface area contributed by atoms with Gasteiger partial charge in [0.05, 0.1) is 17.4 Å². The van der Waals surface area contributed by atoms with E-state index in [0.717, 1.165) is 11.1 Å². The Morgan fingerprint density at radius 3 is 2.60 bits per heavy atom. The van der Waals surface area contributed by atoms with Crippen molar-refractivity contribution < 1.29 is 18.4 Å². The number of rotatable bonds is 8. The van der Waals surface area contributed by atoms with Crippen LogP contribution in [0, 0.1) is 5.41 Å². The first kappa shape index (κ1) is 19.0. The first-order chi connectivity index (χ1) is 11.9. The van der Waals surface area contributed by atoms with E-state index in [0.29, 0.717) is 12.2 Å². The minimum absolute atomic E-state index is 0.178. The molecule has 1 atom stereocenters. The molecule has 25 heavy (non-hydrogen) atoms. The van der Waals surface area contributed by atoms with E-state index < -0.39 is 22.0 Å². The first-order valence-electron chi connectivity index (χ1n) is 7.64. The molecule has 1 heterocycles. The van der Waals surface area contributed by atoms with Crippen LogP contribution in [-0.2, 0) is 28.6 Å². The largest absolute Gasteiger partial charge is 0.326 e. The molecule has 0 spiro atoms. The Labute approximate surface area is 146 Å². The Morgan fingerprint density at radius 1 is 1.36 bits per heavy atom. The zero-order valence-electron chi connectivity index (χ0n) is 13.8. The summed E-state index contributed by atoms with van der Waals surface area (Å²) in [5.41, 5.74) is 8.39. The van der Waals surface area contributed by atoms with Gasteiger partial charge in [-0.05, 0) is 18.9 Å². The van der Waals surface area contributed by atoms with Crippen molar-refractivity contribution >= 4 is 16.6 Å². The Balaban J connectivity index is 2.10. The standard InChI is InChI=1S/C15H21N5O4S/c1-15(10-25(23)24,14(21)18-22)6-7-20-9-13(17-19-20)12-4-2-11(8-16)3-5-12/h2-5,9,22,25H,6-8,10,16H2,1H3,(H,18,21). The van der Waals surface area contributed by atoms with Crippen LogP contribution in [0.4, 0.5) is 0 Å². The predicted octanol–water partition coefficient (Wildman–Crippen LogP) is -0.0830. The average Bonchev–Trinajstić information content (AvgIpc) is 3.08. The van der Waals surface area contributed by atoms with E-state index in [-0.39, 0.29) is 18.7 Å². The lowest BCUT2D eigenvalue weighted by atomic mass is 9.88. The Hall–Kier alpha value is -2.30. The number of nitrogens with two attached hydrogens (primary N) is 1. The van der Waals surface area contributed by atoms with Gasteiger partial charge in [0.1, 0.15) is 16.4 Å². The number of nitrogens with one attached hydrogen (secondary N) is 1. The fourth-order valence-electron chi connectivity index (χ4n) is 2.40. The lowest BCUT2D eigenvalue weighted by molar-refractivity contribution is -0.138. The number of hydrogen-bond donors (Lipinski definition) is 4. The van der Waals surface area contributed by atoms with Gasteiger partial charge in [-0.15, -0.1) is 5.10 Å². The fraction of sp³-hybridized carbons (Fsp3) is 0.400. The predicted molar refractivity (Wildman–Crippen MR) is 91.2 cm³/mol. The quantitative estimate of drug-likeness (QED) is 0.290. The van der Waals surface area contributed by atoms with Crippen molar-refractivity contribution in [2.75, 3.05) is 5.75 Å². The summed E-state index contributed by atoms with van der Waals surface area (Å²) in [5.74, 6) is -1.11. The van der Waals surface area contributed by atoms with Crippen LogP contribution in [0.3, 0.4) is 0 Å². The number of amides is 1. The second-order valence-corrected chi connectivity index (χ2v) is 6.99. The van der Waals surface area contributed by atoms with Crippen LogP contribution in [-0.4, -0.2) is 40.3 Å². The number of hydroxylamine groups is 1. The minimum Gasteiger partial charge on any atom is -0.326 e. The second kappa shape index (κ2) is 8.19. The molecule has 2 aromatic rings. The smallest absolute Gasteiger partial charge is 0.250 e. The molecule has 0 radical (unpaired) electrons. The summed E-state index contributed by atoms with van der Waals surface area (Å²) in [6.45, 7) is 2.22. The maximum atomic E-state index is 11.8. The third-order valence-corrected chi connectivity index (χ3v) is 5.00. The summed E-state index contributed by atoms with van der Waals surface area (Å²) < 4.78 is 23.6. The Kier molecular flexibility index (Phi) is 6.23. The van der Waals surface area contributed by atoms with E-state index in [1.807, 2.05) is 24.3 Å². The maximum absolute atomic E-state index is 11.8. The topological polar surface area (TPSA) is 140 Å². The highest BCUT2D eigenvalue weighted by Gasteiger charge is 2.34. The lowest BCUT2D eigenvalue weighted by Gasteiger charge is -2.24. The SMILES string of the molecule is CC(CCn1cc(-c2ccc(CN)cc2)nn1)(C[SH](=O)=O)C(=O)NO. The van der Waals surface area contributed by atoms with Crippen molar-refractivity contribution in [3.63, 3.8) is 0 Å². The van der Waals surface area contributed by atoms with Crippen molar-refractivity contribution in [2.45, 2.75) is 26.4 Å². The number of thiol groups is 1. The molecule has 0 aliphatic carbocycles. The van der Waals surface area contributed by atoms with Gasteiger partial charge in [-0.1, -0.05) is 29.5 Å². The monoisotopic (exact) mass is 367 g/mol. The third kappa shape index (κ3) is 4.84. The van der Waals surface area contributed by atoms with Gasteiger partial charge >= 0.3 is 0 Å². The molecule has 1 aromatic carbocycles. The van der Waals surface area contributed by atoms with Gasteiger partial charge in [0.15, 0.2) is 0 Å². The molecule has 1 aromatic heterocycles. The number of aromatic nitrogens is 3. The van der Waals surface area contributed by atoms with Crippen LogP contribution in [0.5, 0.6) is 0 Å². The number of carbonyl (C=O) groups excluding carboxylic acids is 1. The Morgan fingerprint density at radius 2 is 2.04 bits per heavy atom. The van der Waals surface area contributed by atoms with Crippen molar-refractivity contribution in [3.05, 3.63) is 36.0 Å². The van der Waals surface area contributed by atoms with Gasteiger partial charge in [0, 0.05) is 18.7 Å². The van der Waals surface area contributed by atoms with E-state index in [2.05, 4.69) is 10.3 Å². The number of hydrogen-bond acceptors (Lipinski definition) is 7. The molecule has 0 fully saturated rings. The van der Waals surface area contributed by atoms with Crippen LogP contribution in [0.25, 0.3) is 11.3 Å². The summed E-state index contributed by atoms with van der Waals surface area (Å²) >= 11 is 0.